The van der Waals surface area contributed by atoms with Gasteiger partial charge in [-0.15, -0.1) is 0 Å². The number of rotatable bonds is 8. The number of methoxy groups -OCH3 is 1. The maximum Gasteiger partial charge on any atom is 0.282 e. The molecule has 0 aliphatic rings. The molecular weight excluding hydrogens is 562 g/mol. The van der Waals surface area contributed by atoms with Crippen molar-refractivity contribution in [3.05, 3.63) is 96.9 Å². The van der Waals surface area contributed by atoms with Gasteiger partial charge in [0.2, 0.25) is 0 Å². The molecule has 6 nitrogen and oxygen atoms in total. The van der Waals surface area contributed by atoms with Gasteiger partial charge in [-0.05, 0) is 54.4 Å². The molecule has 0 saturated heterocycles. The Kier molecular flexibility index (Phi) is 7.80. The summed E-state index contributed by atoms with van der Waals surface area (Å²) < 4.78 is 14.8. The molecule has 0 amide bonds. The van der Waals surface area contributed by atoms with Crippen molar-refractivity contribution in [2.75, 3.05) is 7.11 Å². The standard InChI is InChI=1S/C26H23Br2N3O3/c1-3-5-24-30-22-13-12-20(28)14-21(22)26(32)31(24)29-15-18-6-4-7-23(33-2)25(18)34-16-17-8-10-19(27)11-9-17/h4,6-15H,3,5,16H2,1-2H3. The fraction of sp³-hybridized carbons (Fsp3) is 0.192. The van der Waals surface area contributed by atoms with E-state index in [1.807, 2.05) is 61.5 Å². The topological polar surface area (TPSA) is 65.7 Å². The molecule has 4 rings (SSSR count). The molecule has 0 atom stereocenters. The molecule has 0 bridgehead atoms. The van der Waals surface area contributed by atoms with Gasteiger partial charge in [-0.3, -0.25) is 4.79 Å². The predicted molar refractivity (Wildman–Crippen MR) is 142 cm³/mol. The average molecular weight is 585 g/mol. The fourth-order valence-electron chi connectivity index (χ4n) is 3.50. The molecule has 34 heavy (non-hydrogen) atoms. The smallest absolute Gasteiger partial charge is 0.282 e. The van der Waals surface area contributed by atoms with Crippen LogP contribution in [0.1, 0.15) is 30.3 Å². The average Bonchev–Trinajstić information content (AvgIpc) is 2.84. The van der Waals surface area contributed by atoms with Gasteiger partial charge in [0.15, 0.2) is 11.5 Å². The molecule has 0 spiro atoms. The van der Waals surface area contributed by atoms with Gasteiger partial charge in [-0.2, -0.15) is 9.78 Å². The molecule has 1 aromatic heterocycles. The van der Waals surface area contributed by atoms with Crippen molar-refractivity contribution in [2.24, 2.45) is 5.10 Å². The highest BCUT2D eigenvalue weighted by molar-refractivity contribution is 9.10. The normalized spacial score (nSPS) is 11.3. The largest absolute Gasteiger partial charge is 0.493 e. The van der Waals surface area contributed by atoms with E-state index in [1.165, 1.54) is 4.68 Å². The highest BCUT2D eigenvalue weighted by atomic mass is 79.9. The summed E-state index contributed by atoms with van der Waals surface area (Å²) in [6, 6.07) is 19.0. The number of hydrogen-bond acceptors (Lipinski definition) is 5. The van der Waals surface area contributed by atoms with Crippen LogP contribution in [-0.4, -0.2) is 23.0 Å². The number of ether oxygens (including phenoxy) is 2. The summed E-state index contributed by atoms with van der Waals surface area (Å²) in [4.78, 5) is 18.0. The van der Waals surface area contributed by atoms with E-state index in [4.69, 9.17) is 9.47 Å². The van der Waals surface area contributed by atoms with E-state index in [0.29, 0.717) is 46.8 Å². The molecule has 0 saturated carbocycles. The lowest BCUT2D eigenvalue weighted by Gasteiger charge is -2.14. The van der Waals surface area contributed by atoms with Crippen LogP contribution in [0.5, 0.6) is 11.5 Å². The van der Waals surface area contributed by atoms with E-state index >= 15 is 0 Å². The van der Waals surface area contributed by atoms with Crippen LogP contribution >= 0.6 is 31.9 Å². The van der Waals surface area contributed by atoms with Crippen LogP contribution in [-0.2, 0) is 13.0 Å². The third kappa shape index (κ3) is 5.39. The Morgan fingerprint density at radius 2 is 1.82 bits per heavy atom. The SMILES string of the molecule is CCCc1nc2ccc(Br)cc2c(=O)n1N=Cc1cccc(OC)c1OCc1ccc(Br)cc1. The second-order valence-electron chi connectivity index (χ2n) is 7.59. The summed E-state index contributed by atoms with van der Waals surface area (Å²) in [5.74, 6) is 1.75. The molecule has 0 fully saturated rings. The lowest BCUT2D eigenvalue weighted by molar-refractivity contribution is 0.284. The van der Waals surface area contributed by atoms with Crippen LogP contribution in [0.2, 0.25) is 0 Å². The lowest BCUT2D eigenvalue weighted by Crippen LogP contribution is -2.22. The Morgan fingerprint density at radius 1 is 1.06 bits per heavy atom. The summed E-state index contributed by atoms with van der Waals surface area (Å²) in [5.41, 5.74) is 2.15. The minimum Gasteiger partial charge on any atom is -0.493 e. The Labute approximate surface area is 214 Å². The summed E-state index contributed by atoms with van der Waals surface area (Å²) >= 11 is 6.88. The molecule has 174 valence electrons. The molecule has 3 aromatic carbocycles. The van der Waals surface area contributed by atoms with Gasteiger partial charge in [-0.25, -0.2) is 4.98 Å². The van der Waals surface area contributed by atoms with Gasteiger partial charge in [0.05, 0.1) is 24.2 Å². The monoisotopic (exact) mass is 583 g/mol. The molecule has 0 aliphatic heterocycles. The number of benzene rings is 3. The summed E-state index contributed by atoms with van der Waals surface area (Å²) in [6.07, 6.45) is 3.08. The van der Waals surface area contributed by atoms with Crippen LogP contribution in [0.3, 0.4) is 0 Å². The van der Waals surface area contributed by atoms with Gasteiger partial charge in [-0.1, -0.05) is 57.0 Å². The molecule has 1 heterocycles. The molecule has 0 unspecified atom stereocenters. The Hall–Kier alpha value is -2.97. The number of aromatic nitrogens is 2. The zero-order valence-corrected chi connectivity index (χ0v) is 22.0. The predicted octanol–water partition coefficient (Wildman–Crippen LogP) is 6.34. The molecular formula is C26H23Br2N3O3. The zero-order chi connectivity index (χ0) is 24.1. The van der Waals surface area contributed by atoms with Crippen molar-refractivity contribution >= 4 is 49.0 Å². The maximum absolute atomic E-state index is 13.3. The summed E-state index contributed by atoms with van der Waals surface area (Å²) in [5, 5.41) is 5.04. The van der Waals surface area contributed by atoms with Crippen molar-refractivity contribution in [2.45, 2.75) is 26.4 Å². The second kappa shape index (κ2) is 11.0. The van der Waals surface area contributed by atoms with Crippen molar-refractivity contribution < 1.29 is 9.47 Å². The van der Waals surface area contributed by atoms with E-state index in [0.717, 1.165) is 20.9 Å². The first-order chi connectivity index (χ1) is 16.5. The minimum absolute atomic E-state index is 0.216. The molecule has 0 aliphatic carbocycles. The zero-order valence-electron chi connectivity index (χ0n) is 18.8. The maximum atomic E-state index is 13.3. The van der Waals surface area contributed by atoms with Crippen LogP contribution < -0.4 is 15.0 Å². The van der Waals surface area contributed by atoms with E-state index in [9.17, 15) is 4.79 Å². The van der Waals surface area contributed by atoms with Crippen molar-refractivity contribution in [1.29, 1.82) is 0 Å². The van der Waals surface area contributed by atoms with E-state index in [-0.39, 0.29) is 5.56 Å². The third-order valence-corrected chi connectivity index (χ3v) is 6.21. The molecule has 4 aromatic rings. The summed E-state index contributed by atoms with van der Waals surface area (Å²) in [6.45, 7) is 2.41. The molecule has 0 radical (unpaired) electrons. The number of aryl methyl sites for hydroxylation is 1. The third-order valence-electron chi connectivity index (χ3n) is 5.19. The van der Waals surface area contributed by atoms with Gasteiger partial charge in [0.25, 0.3) is 5.56 Å². The highest BCUT2D eigenvalue weighted by Gasteiger charge is 2.13. The van der Waals surface area contributed by atoms with E-state index in [2.05, 4.69) is 41.9 Å². The lowest BCUT2D eigenvalue weighted by atomic mass is 10.2. The van der Waals surface area contributed by atoms with Crippen molar-refractivity contribution in [3.63, 3.8) is 0 Å². The van der Waals surface area contributed by atoms with Crippen molar-refractivity contribution in [3.8, 4) is 11.5 Å². The van der Waals surface area contributed by atoms with Crippen LogP contribution in [0.4, 0.5) is 0 Å². The van der Waals surface area contributed by atoms with Gasteiger partial charge in [0, 0.05) is 20.9 Å². The minimum atomic E-state index is -0.216. The number of para-hydroxylation sites is 1. The molecule has 8 heteroatoms. The summed E-state index contributed by atoms with van der Waals surface area (Å²) in [7, 11) is 1.59. The Balaban J connectivity index is 1.73. The first-order valence-corrected chi connectivity index (χ1v) is 12.4. The second-order valence-corrected chi connectivity index (χ2v) is 9.43. The fourth-order valence-corrected chi connectivity index (χ4v) is 4.13. The first kappa shape index (κ1) is 24.2. The van der Waals surface area contributed by atoms with Gasteiger partial charge < -0.3 is 9.47 Å². The van der Waals surface area contributed by atoms with Crippen LogP contribution in [0.25, 0.3) is 10.9 Å². The van der Waals surface area contributed by atoms with Crippen LogP contribution in [0, 0.1) is 0 Å². The number of fused-ring (bicyclic) bond motifs is 1. The Bertz CT molecular complexity index is 1400. The number of hydrogen-bond donors (Lipinski definition) is 0. The van der Waals surface area contributed by atoms with E-state index < -0.39 is 0 Å². The first-order valence-electron chi connectivity index (χ1n) is 10.8. The molecule has 0 N–H and O–H groups in total. The van der Waals surface area contributed by atoms with Gasteiger partial charge in [0.1, 0.15) is 12.4 Å². The highest BCUT2D eigenvalue weighted by Crippen LogP contribution is 2.31. The number of halogens is 2. The van der Waals surface area contributed by atoms with E-state index in [1.54, 1.807) is 19.4 Å². The van der Waals surface area contributed by atoms with Crippen molar-refractivity contribution in [1.82, 2.24) is 9.66 Å². The van der Waals surface area contributed by atoms with Crippen LogP contribution in [0.15, 0.2) is 79.5 Å². The Morgan fingerprint density at radius 3 is 2.56 bits per heavy atom. The number of nitrogens with zero attached hydrogens (tertiary/aromatic N) is 3. The quantitative estimate of drug-likeness (QED) is 0.227. The van der Waals surface area contributed by atoms with Gasteiger partial charge >= 0.3 is 0 Å².